The van der Waals surface area contributed by atoms with Crippen molar-refractivity contribution in [3.8, 4) is 17.4 Å². The predicted octanol–water partition coefficient (Wildman–Crippen LogP) is 4.34. The van der Waals surface area contributed by atoms with Crippen LogP contribution in [-0.4, -0.2) is 34.1 Å². The second-order valence-electron chi connectivity index (χ2n) is 6.09. The van der Waals surface area contributed by atoms with E-state index in [9.17, 15) is 15.0 Å². The molecule has 0 atom stereocenters. The number of aromatic nitrogens is 1. The van der Waals surface area contributed by atoms with E-state index < -0.39 is 5.91 Å². The molecule has 29 heavy (non-hydrogen) atoms. The fourth-order valence-electron chi connectivity index (χ4n) is 2.86. The van der Waals surface area contributed by atoms with Gasteiger partial charge in [0.2, 0.25) is 5.88 Å². The van der Waals surface area contributed by atoms with Gasteiger partial charge in [0, 0.05) is 23.4 Å². The maximum Gasteiger partial charge on any atom is 0.274 e. The van der Waals surface area contributed by atoms with E-state index in [1.807, 2.05) is 18.2 Å². The number of nitrogens with zero attached hydrogens (tertiary/aromatic N) is 2. The van der Waals surface area contributed by atoms with E-state index in [4.69, 9.17) is 17.0 Å². The maximum absolute atomic E-state index is 12.4. The van der Waals surface area contributed by atoms with E-state index in [-0.39, 0.29) is 21.1 Å². The number of methoxy groups -OCH3 is 1. The molecule has 4 rings (SSSR count). The van der Waals surface area contributed by atoms with E-state index in [1.165, 1.54) is 12.1 Å². The van der Waals surface area contributed by atoms with E-state index in [0.717, 1.165) is 32.8 Å². The van der Waals surface area contributed by atoms with Gasteiger partial charge in [0.25, 0.3) is 5.91 Å². The number of nitrogens with one attached hydrogen (secondary N) is 1. The number of thiazole rings is 1. The highest BCUT2D eigenvalue weighted by Gasteiger charge is 2.18. The van der Waals surface area contributed by atoms with Crippen molar-refractivity contribution in [1.82, 2.24) is 4.68 Å². The van der Waals surface area contributed by atoms with Crippen molar-refractivity contribution in [1.29, 1.82) is 0 Å². The minimum atomic E-state index is -0.591. The number of fused-ring (bicyclic) bond motifs is 1. The Morgan fingerprint density at radius 3 is 2.83 bits per heavy atom. The summed E-state index contributed by atoms with van der Waals surface area (Å²) in [7, 11) is 1.59. The monoisotopic (exact) mass is 425 g/mol. The first-order valence-corrected chi connectivity index (χ1v) is 9.68. The summed E-state index contributed by atoms with van der Waals surface area (Å²) < 4.78 is 6.57. The van der Waals surface area contributed by atoms with Gasteiger partial charge >= 0.3 is 0 Å². The number of aliphatic imine (C=N–C) groups is 1. The van der Waals surface area contributed by atoms with Gasteiger partial charge in [-0.3, -0.25) is 15.2 Å². The number of phenols is 1. The number of allylic oxidation sites excluding steroid dienone is 1. The maximum atomic E-state index is 12.4. The van der Waals surface area contributed by atoms with Crippen molar-refractivity contribution < 1.29 is 19.7 Å². The minimum Gasteiger partial charge on any atom is -0.507 e. The summed E-state index contributed by atoms with van der Waals surface area (Å²) in [6, 6.07) is 11.7. The average Bonchev–Trinajstić information content (AvgIpc) is 3.23. The van der Waals surface area contributed by atoms with Gasteiger partial charge in [0.1, 0.15) is 11.5 Å². The van der Waals surface area contributed by atoms with Crippen LogP contribution in [-0.2, 0) is 0 Å². The molecular weight excluding hydrogens is 410 g/mol. The van der Waals surface area contributed by atoms with Gasteiger partial charge in [-0.1, -0.05) is 23.5 Å². The summed E-state index contributed by atoms with van der Waals surface area (Å²) in [5, 5.41) is 20.4. The number of aromatic hydroxyl groups is 2. The van der Waals surface area contributed by atoms with Crippen LogP contribution >= 0.6 is 23.6 Å². The van der Waals surface area contributed by atoms with Gasteiger partial charge < -0.3 is 14.9 Å². The quantitative estimate of drug-likeness (QED) is 0.541. The van der Waals surface area contributed by atoms with E-state index >= 15 is 0 Å². The van der Waals surface area contributed by atoms with Gasteiger partial charge in [-0.2, -0.15) is 4.68 Å². The predicted molar refractivity (Wildman–Crippen MR) is 116 cm³/mol. The fourth-order valence-corrected chi connectivity index (χ4v) is 4.04. The highest BCUT2D eigenvalue weighted by molar-refractivity contribution is 7.73. The first-order chi connectivity index (χ1) is 14.0. The van der Waals surface area contributed by atoms with Crippen molar-refractivity contribution in [2.24, 2.45) is 4.99 Å². The number of amides is 1. The molecule has 1 aromatic heterocycles. The number of hydrogen-bond donors (Lipinski definition) is 3. The number of carbonyl (C=O) groups excluding carboxylic acids is 1. The van der Waals surface area contributed by atoms with Crippen LogP contribution in [0.25, 0.3) is 11.6 Å². The highest BCUT2D eigenvalue weighted by Crippen LogP contribution is 2.37. The van der Waals surface area contributed by atoms with E-state index in [1.54, 1.807) is 31.5 Å². The Morgan fingerprint density at radius 1 is 1.28 bits per heavy atom. The lowest BCUT2D eigenvalue weighted by atomic mass is 10.1. The molecular formula is C20H15N3O4S2. The Hall–Kier alpha value is -3.43. The number of benzene rings is 2. The zero-order valence-corrected chi connectivity index (χ0v) is 16.8. The third kappa shape index (κ3) is 3.53. The van der Waals surface area contributed by atoms with Crippen LogP contribution < -0.4 is 10.2 Å². The molecule has 3 N–H and O–H groups in total. The molecule has 0 fully saturated rings. The van der Waals surface area contributed by atoms with Gasteiger partial charge in [0.05, 0.1) is 23.2 Å². The Balaban J connectivity index is 1.65. The smallest absolute Gasteiger partial charge is 0.274 e. The Labute approximate surface area is 174 Å². The molecule has 3 aromatic rings. The van der Waals surface area contributed by atoms with Crippen LogP contribution in [0.5, 0.6) is 17.4 Å². The molecule has 0 saturated heterocycles. The molecule has 0 bridgehead atoms. The molecule has 0 saturated carbocycles. The second kappa shape index (κ2) is 7.53. The average molecular weight is 425 g/mol. The van der Waals surface area contributed by atoms with Gasteiger partial charge in [-0.25, -0.2) is 0 Å². The third-order valence-corrected chi connectivity index (χ3v) is 5.63. The zero-order valence-electron chi connectivity index (χ0n) is 15.1. The lowest BCUT2D eigenvalue weighted by Gasteiger charge is -2.08. The van der Waals surface area contributed by atoms with Crippen LogP contribution in [0, 0.1) is 3.95 Å². The lowest BCUT2D eigenvalue weighted by molar-refractivity contribution is 0.100. The number of rotatable bonds is 4. The van der Waals surface area contributed by atoms with Crippen molar-refractivity contribution in [3.63, 3.8) is 0 Å². The van der Waals surface area contributed by atoms with E-state index in [2.05, 4.69) is 10.4 Å². The molecule has 0 spiro atoms. The lowest BCUT2D eigenvalue weighted by Crippen LogP contribution is -2.22. The molecule has 0 aliphatic carbocycles. The largest absolute Gasteiger partial charge is 0.507 e. The second-order valence-corrected chi connectivity index (χ2v) is 7.77. The van der Waals surface area contributed by atoms with Crippen molar-refractivity contribution in [2.45, 2.75) is 0 Å². The van der Waals surface area contributed by atoms with Crippen molar-refractivity contribution in [3.05, 3.63) is 62.4 Å². The van der Waals surface area contributed by atoms with Crippen LogP contribution in [0.1, 0.15) is 20.8 Å². The first-order valence-electron chi connectivity index (χ1n) is 8.46. The van der Waals surface area contributed by atoms with Crippen molar-refractivity contribution in [2.75, 3.05) is 12.5 Å². The Kier molecular flexibility index (Phi) is 4.91. The number of phenolic OH excluding ortho intramolecular Hbond substituents is 1. The topological polar surface area (TPSA) is 96.1 Å². The summed E-state index contributed by atoms with van der Waals surface area (Å²) in [5.41, 5.74) is 5.05. The highest BCUT2D eigenvalue weighted by atomic mass is 32.1. The van der Waals surface area contributed by atoms with Crippen LogP contribution in [0.4, 0.5) is 5.69 Å². The molecule has 9 heteroatoms. The number of ether oxygens (including phenoxy) is 1. The summed E-state index contributed by atoms with van der Waals surface area (Å²) in [5.74, 6) is -0.250. The number of para-hydroxylation sites is 1. The Bertz CT molecular complexity index is 1240. The van der Waals surface area contributed by atoms with Crippen LogP contribution in [0.15, 0.2) is 47.5 Å². The molecule has 2 aromatic carbocycles. The molecule has 0 radical (unpaired) electrons. The number of carbonyl (C=O) groups is 1. The Morgan fingerprint density at radius 2 is 2.07 bits per heavy atom. The fraction of sp³-hybridized carbons (Fsp3) is 0.0500. The van der Waals surface area contributed by atoms with Gasteiger partial charge in [-0.15, -0.1) is 0 Å². The van der Waals surface area contributed by atoms with Crippen LogP contribution in [0.3, 0.4) is 0 Å². The summed E-state index contributed by atoms with van der Waals surface area (Å²) in [6.07, 6.45) is 3.44. The van der Waals surface area contributed by atoms with Crippen molar-refractivity contribution >= 4 is 53.0 Å². The minimum absolute atomic E-state index is 0.0747. The molecule has 1 amide bonds. The van der Waals surface area contributed by atoms with Crippen LogP contribution in [0.2, 0.25) is 0 Å². The summed E-state index contributed by atoms with van der Waals surface area (Å²) in [6.45, 7) is 0. The molecule has 7 nitrogen and oxygen atoms in total. The van der Waals surface area contributed by atoms with Gasteiger partial charge in [-0.05, 0) is 42.6 Å². The molecule has 1 aliphatic rings. The van der Waals surface area contributed by atoms with Gasteiger partial charge in [0.15, 0.2) is 3.95 Å². The van der Waals surface area contributed by atoms with E-state index in [0.29, 0.717) is 10.6 Å². The first kappa shape index (κ1) is 18.9. The molecule has 146 valence electrons. The normalized spacial score (nSPS) is 13.5. The standard InChI is InChI=1S/C20H15N3O4S2/c1-27-12-6-7-13-11(10-21-15(13)9-12)8-17-19(26)23(20(28)29-17)22-18(25)14-4-2-3-5-16(14)24/h2-10,24,26H,1H3,(H,22,25)/b11-8+. The summed E-state index contributed by atoms with van der Waals surface area (Å²) in [4.78, 5) is 17.3. The molecule has 1 aliphatic heterocycles. The molecule has 0 unspecified atom stereocenters. The third-order valence-electron chi connectivity index (χ3n) is 4.32. The number of hydrogen-bond acceptors (Lipinski definition) is 7. The summed E-state index contributed by atoms with van der Waals surface area (Å²) >= 11 is 6.42. The molecule has 2 heterocycles. The zero-order chi connectivity index (χ0) is 20.5. The SMILES string of the molecule is COc1ccc2c(c1)N=C/C2=C\c1sc(=S)n(NC(=O)c2ccccc2O)c1O.